The van der Waals surface area contributed by atoms with E-state index in [1.54, 1.807) is 0 Å². The number of oxime groups is 1. The molecule has 0 amide bonds. The summed E-state index contributed by atoms with van der Waals surface area (Å²) >= 11 is 1.47. The summed E-state index contributed by atoms with van der Waals surface area (Å²) in [6.45, 7) is 7.11. The van der Waals surface area contributed by atoms with E-state index in [1.807, 2.05) is 13.8 Å². The molecule has 0 aliphatic carbocycles. The van der Waals surface area contributed by atoms with Gasteiger partial charge in [0.1, 0.15) is 0 Å². The molecule has 0 aromatic carbocycles. The molecule has 1 aromatic rings. The Bertz CT molecular complexity index is 224. The smallest absolute Gasteiger partial charge is 0.305 e. The van der Waals surface area contributed by atoms with Gasteiger partial charge in [-0.3, -0.25) is 0 Å². The van der Waals surface area contributed by atoms with Crippen LogP contribution in [0.3, 0.4) is 0 Å². The second kappa shape index (κ2) is 2.79. The first-order valence-corrected chi connectivity index (χ1v) is 3.62. The Labute approximate surface area is 63.3 Å². The summed E-state index contributed by atoms with van der Waals surface area (Å²) < 4.78 is 0. The second-order valence-corrected chi connectivity index (χ2v) is 3.01. The van der Waals surface area contributed by atoms with Gasteiger partial charge in [-0.2, -0.15) is 0 Å². The van der Waals surface area contributed by atoms with E-state index < -0.39 is 0 Å². The zero-order valence-corrected chi connectivity index (χ0v) is 6.73. The van der Waals surface area contributed by atoms with Gasteiger partial charge < -0.3 is 4.84 Å². The van der Waals surface area contributed by atoms with E-state index >= 15 is 0 Å². The molecule has 0 saturated heterocycles. The van der Waals surface area contributed by atoms with Crippen molar-refractivity contribution >= 4 is 18.1 Å². The van der Waals surface area contributed by atoms with Crippen LogP contribution in [0.15, 0.2) is 5.16 Å². The number of rotatable bonds is 2. The summed E-state index contributed by atoms with van der Waals surface area (Å²) in [6, 6.07) is 0. The van der Waals surface area contributed by atoms with Crippen LogP contribution < -0.4 is 4.84 Å². The normalized spacial score (nSPS) is 9.40. The average Bonchev–Trinajstić information content (AvgIpc) is 2.14. The van der Waals surface area contributed by atoms with E-state index in [-0.39, 0.29) is 0 Å². The molecule has 0 atom stereocenters. The van der Waals surface area contributed by atoms with Crippen molar-refractivity contribution < 1.29 is 4.84 Å². The Morgan fingerprint density at radius 3 is 2.70 bits per heavy atom. The lowest BCUT2D eigenvalue weighted by atomic mass is 10.4. The first-order chi connectivity index (χ1) is 4.74. The molecule has 1 heterocycles. The minimum Gasteiger partial charge on any atom is -0.326 e. The van der Waals surface area contributed by atoms with Crippen molar-refractivity contribution in [2.24, 2.45) is 5.16 Å². The summed E-state index contributed by atoms with van der Waals surface area (Å²) in [5.74, 6) is 0. The third kappa shape index (κ3) is 1.33. The summed E-state index contributed by atoms with van der Waals surface area (Å²) in [6.07, 6.45) is 0. The van der Waals surface area contributed by atoms with Gasteiger partial charge in [-0.05, 0) is 13.8 Å². The monoisotopic (exact) mass is 156 g/mol. The predicted molar refractivity (Wildman–Crippen MR) is 41.8 cm³/mol. The standard InChI is InChI=1S/C6H8N2OS/c1-4-5(2)10-6(8-4)9-7-3/h3H2,1-2H3. The number of nitrogens with zero attached hydrogens (tertiary/aromatic N) is 2. The maximum atomic E-state index is 4.73. The highest BCUT2D eigenvalue weighted by Crippen LogP contribution is 2.22. The second-order valence-electron chi connectivity index (χ2n) is 1.84. The summed E-state index contributed by atoms with van der Waals surface area (Å²) in [4.78, 5) is 9.94. The fourth-order valence-corrected chi connectivity index (χ4v) is 1.27. The number of thiazole rings is 1. The van der Waals surface area contributed by atoms with Crippen LogP contribution >= 0.6 is 11.3 Å². The fourth-order valence-electron chi connectivity index (χ4n) is 0.538. The SMILES string of the molecule is C=NOc1nc(C)c(C)s1. The molecule has 54 valence electrons. The van der Waals surface area contributed by atoms with Crippen LogP contribution in [0.4, 0.5) is 0 Å². The van der Waals surface area contributed by atoms with Gasteiger partial charge in [-0.25, -0.2) is 4.98 Å². The highest BCUT2D eigenvalue weighted by molar-refractivity contribution is 7.13. The average molecular weight is 156 g/mol. The lowest BCUT2D eigenvalue weighted by molar-refractivity contribution is 0.343. The van der Waals surface area contributed by atoms with Crippen molar-refractivity contribution in [2.45, 2.75) is 13.8 Å². The van der Waals surface area contributed by atoms with Gasteiger partial charge in [-0.15, -0.1) is 0 Å². The molecule has 0 aliphatic heterocycles. The predicted octanol–water partition coefficient (Wildman–Crippen LogP) is 1.75. The van der Waals surface area contributed by atoms with Crippen LogP contribution in [0.2, 0.25) is 0 Å². The first kappa shape index (κ1) is 7.21. The molecule has 0 unspecified atom stereocenters. The number of hydrogen-bond donors (Lipinski definition) is 0. The van der Waals surface area contributed by atoms with Crippen molar-refractivity contribution in [3.8, 4) is 5.19 Å². The Hall–Kier alpha value is -0.900. The van der Waals surface area contributed by atoms with Gasteiger partial charge >= 0.3 is 5.19 Å². The highest BCUT2D eigenvalue weighted by Gasteiger charge is 2.02. The lowest BCUT2D eigenvalue weighted by Crippen LogP contribution is -1.78. The molecule has 10 heavy (non-hydrogen) atoms. The molecule has 0 bridgehead atoms. The van der Waals surface area contributed by atoms with Crippen LogP contribution in [0.25, 0.3) is 0 Å². The number of hydrogen-bond acceptors (Lipinski definition) is 4. The van der Waals surface area contributed by atoms with Gasteiger partial charge in [0.2, 0.25) is 0 Å². The van der Waals surface area contributed by atoms with E-state index in [0.29, 0.717) is 5.19 Å². The van der Waals surface area contributed by atoms with Crippen LogP contribution in [0.5, 0.6) is 5.19 Å². The Morgan fingerprint density at radius 2 is 2.30 bits per heavy atom. The van der Waals surface area contributed by atoms with Gasteiger partial charge in [-0.1, -0.05) is 16.5 Å². The summed E-state index contributed by atoms with van der Waals surface area (Å²) in [5, 5.41) is 3.82. The molecule has 0 aliphatic rings. The van der Waals surface area contributed by atoms with Crippen molar-refractivity contribution in [3.05, 3.63) is 10.6 Å². The maximum Gasteiger partial charge on any atom is 0.305 e. The zero-order chi connectivity index (χ0) is 7.56. The molecule has 3 nitrogen and oxygen atoms in total. The Balaban J connectivity index is 2.86. The molecule has 0 N–H and O–H groups in total. The molecular weight excluding hydrogens is 148 g/mol. The van der Waals surface area contributed by atoms with Crippen LogP contribution in [0, 0.1) is 13.8 Å². The Morgan fingerprint density at radius 1 is 1.60 bits per heavy atom. The summed E-state index contributed by atoms with van der Waals surface area (Å²) in [7, 11) is 0. The van der Waals surface area contributed by atoms with E-state index in [0.717, 1.165) is 10.6 Å². The molecular formula is C6H8N2OS. The first-order valence-electron chi connectivity index (χ1n) is 2.81. The largest absolute Gasteiger partial charge is 0.326 e. The van der Waals surface area contributed by atoms with Gasteiger partial charge in [0.15, 0.2) is 0 Å². The minimum absolute atomic E-state index is 0.560. The third-order valence-corrected chi connectivity index (χ3v) is 2.09. The molecule has 0 fully saturated rings. The number of aromatic nitrogens is 1. The number of aryl methyl sites for hydroxylation is 2. The zero-order valence-electron chi connectivity index (χ0n) is 5.92. The Kier molecular flexibility index (Phi) is 2.01. The van der Waals surface area contributed by atoms with Gasteiger partial charge in [0.25, 0.3) is 0 Å². The van der Waals surface area contributed by atoms with E-state index in [2.05, 4.69) is 16.9 Å². The molecule has 4 heteroatoms. The lowest BCUT2D eigenvalue weighted by Gasteiger charge is -1.84. The van der Waals surface area contributed by atoms with Crippen molar-refractivity contribution in [1.82, 2.24) is 4.98 Å². The van der Waals surface area contributed by atoms with E-state index in [1.165, 1.54) is 11.3 Å². The summed E-state index contributed by atoms with van der Waals surface area (Å²) in [5.41, 5.74) is 0.989. The molecule has 1 aromatic heterocycles. The maximum absolute atomic E-state index is 4.73. The van der Waals surface area contributed by atoms with Crippen molar-refractivity contribution in [3.63, 3.8) is 0 Å². The topological polar surface area (TPSA) is 34.5 Å². The van der Waals surface area contributed by atoms with Crippen LogP contribution in [-0.2, 0) is 0 Å². The van der Waals surface area contributed by atoms with Gasteiger partial charge in [0, 0.05) is 11.6 Å². The minimum atomic E-state index is 0.560. The quantitative estimate of drug-likeness (QED) is 0.483. The third-order valence-electron chi connectivity index (χ3n) is 1.15. The van der Waals surface area contributed by atoms with E-state index in [4.69, 9.17) is 4.84 Å². The molecule has 1 rings (SSSR count). The molecule has 0 spiro atoms. The highest BCUT2D eigenvalue weighted by atomic mass is 32.1. The van der Waals surface area contributed by atoms with Crippen LogP contribution in [-0.4, -0.2) is 11.7 Å². The fraction of sp³-hybridized carbons (Fsp3) is 0.333. The van der Waals surface area contributed by atoms with Gasteiger partial charge in [0.05, 0.1) is 5.69 Å². The van der Waals surface area contributed by atoms with Crippen molar-refractivity contribution in [2.75, 3.05) is 0 Å². The van der Waals surface area contributed by atoms with Crippen LogP contribution in [0.1, 0.15) is 10.6 Å². The molecule has 0 saturated carbocycles. The molecule has 0 radical (unpaired) electrons. The van der Waals surface area contributed by atoms with E-state index in [9.17, 15) is 0 Å². The van der Waals surface area contributed by atoms with Crippen molar-refractivity contribution in [1.29, 1.82) is 0 Å².